The van der Waals surface area contributed by atoms with Gasteiger partial charge in [-0.2, -0.15) is 0 Å². The van der Waals surface area contributed by atoms with Crippen LogP contribution in [0.15, 0.2) is 23.6 Å². The molecule has 1 fully saturated rings. The summed E-state index contributed by atoms with van der Waals surface area (Å²) < 4.78 is 10.7. The number of rotatable bonds is 6. The second-order valence-corrected chi connectivity index (χ2v) is 6.64. The molecule has 0 bridgehead atoms. The van der Waals surface area contributed by atoms with Gasteiger partial charge in [-0.1, -0.05) is 0 Å². The van der Waals surface area contributed by atoms with Crippen molar-refractivity contribution in [2.24, 2.45) is 5.92 Å². The molecule has 0 saturated carbocycles. The maximum Gasteiger partial charge on any atom is 0.132 e. The molecule has 0 aliphatic carbocycles. The van der Waals surface area contributed by atoms with Crippen molar-refractivity contribution in [1.29, 1.82) is 0 Å². The lowest BCUT2D eigenvalue weighted by atomic mass is 10.1. The monoisotopic (exact) mass is 334 g/mol. The van der Waals surface area contributed by atoms with Crippen molar-refractivity contribution in [3.8, 4) is 22.1 Å². The quantitative estimate of drug-likeness (QED) is 0.880. The van der Waals surface area contributed by atoms with E-state index >= 15 is 0 Å². The Labute approximate surface area is 140 Å². The predicted molar refractivity (Wildman–Crippen MR) is 91.1 cm³/mol. The van der Waals surface area contributed by atoms with E-state index in [1.165, 1.54) is 0 Å². The van der Waals surface area contributed by atoms with Gasteiger partial charge in [0.2, 0.25) is 0 Å². The Balaban J connectivity index is 1.74. The van der Waals surface area contributed by atoms with Gasteiger partial charge in [0.25, 0.3) is 0 Å². The van der Waals surface area contributed by atoms with Crippen molar-refractivity contribution in [2.75, 3.05) is 33.9 Å². The number of benzene rings is 1. The summed E-state index contributed by atoms with van der Waals surface area (Å²) >= 11 is 1.63. The van der Waals surface area contributed by atoms with E-state index in [0.29, 0.717) is 5.92 Å². The van der Waals surface area contributed by atoms with Gasteiger partial charge in [-0.25, -0.2) is 4.98 Å². The molecule has 0 radical (unpaired) electrons. The summed E-state index contributed by atoms with van der Waals surface area (Å²) in [4.78, 5) is 7.10. The highest BCUT2D eigenvalue weighted by molar-refractivity contribution is 7.13. The summed E-state index contributed by atoms with van der Waals surface area (Å²) in [5, 5.41) is 12.3. The maximum absolute atomic E-state index is 9.24. The Morgan fingerprint density at radius 1 is 1.35 bits per heavy atom. The summed E-state index contributed by atoms with van der Waals surface area (Å²) in [6, 6.07) is 5.78. The Morgan fingerprint density at radius 2 is 2.22 bits per heavy atom. The molecule has 1 aliphatic heterocycles. The van der Waals surface area contributed by atoms with Crippen molar-refractivity contribution >= 4 is 11.3 Å². The van der Waals surface area contributed by atoms with Crippen molar-refractivity contribution in [3.05, 3.63) is 29.3 Å². The molecule has 1 unspecified atom stereocenters. The molecule has 0 amide bonds. The first-order valence-electron chi connectivity index (χ1n) is 7.73. The molecule has 1 aromatic heterocycles. The molecule has 1 N–H and O–H groups in total. The molecule has 3 rings (SSSR count). The Morgan fingerprint density at radius 3 is 2.91 bits per heavy atom. The minimum Gasteiger partial charge on any atom is -0.497 e. The van der Waals surface area contributed by atoms with Crippen LogP contribution < -0.4 is 9.47 Å². The lowest BCUT2D eigenvalue weighted by Crippen LogP contribution is -2.21. The fourth-order valence-electron chi connectivity index (χ4n) is 2.91. The van der Waals surface area contributed by atoms with Gasteiger partial charge in [-0.3, -0.25) is 4.90 Å². The number of ether oxygens (including phenoxy) is 2. The number of thiazole rings is 1. The molecule has 2 aromatic rings. The average molecular weight is 334 g/mol. The maximum atomic E-state index is 9.24. The number of hydrogen-bond acceptors (Lipinski definition) is 6. The lowest BCUT2D eigenvalue weighted by Gasteiger charge is -2.13. The van der Waals surface area contributed by atoms with Crippen LogP contribution in [0.4, 0.5) is 0 Å². The summed E-state index contributed by atoms with van der Waals surface area (Å²) in [6.07, 6.45) is 1.07. The van der Waals surface area contributed by atoms with Crippen LogP contribution >= 0.6 is 11.3 Å². The molecule has 2 heterocycles. The molecule has 0 spiro atoms. The fraction of sp³-hybridized carbons (Fsp3) is 0.471. The normalized spacial score (nSPS) is 18.3. The zero-order chi connectivity index (χ0) is 16.2. The molecule has 23 heavy (non-hydrogen) atoms. The molecule has 1 atom stereocenters. The topological polar surface area (TPSA) is 54.8 Å². The summed E-state index contributed by atoms with van der Waals surface area (Å²) in [5.74, 6) is 1.95. The fourth-order valence-corrected chi connectivity index (χ4v) is 3.75. The van der Waals surface area contributed by atoms with Gasteiger partial charge in [0.05, 0.1) is 25.5 Å². The van der Waals surface area contributed by atoms with Crippen LogP contribution in [0.3, 0.4) is 0 Å². The SMILES string of the molecule is COc1ccc(-c2nc(CN3CCC(CO)C3)cs2)c(OC)c1. The third-order valence-electron chi connectivity index (χ3n) is 4.20. The van der Waals surface area contributed by atoms with Crippen LogP contribution in [0, 0.1) is 5.92 Å². The predicted octanol–water partition coefficient (Wildman–Crippen LogP) is 2.64. The Hall–Kier alpha value is -1.63. The third-order valence-corrected chi connectivity index (χ3v) is 5.13. The van der Waals surface area contributed by atoms with Crippen molar-refractivity contribution < 1.29 is 14.6 Å². The van der Waals surface area contributed by atoms with Gasteiger partial charge in [-0.15, -0.1) is 11.3 Å². The molecular weight excluding hydrogens is 312 g/mol. The first-order valence-corrected chi connectivity index (χ1v) is 8.61. The number of aliphatic hydroxyl groups is 1. The zero-order valence-corrected chi connectivity index (χ0v) is 14.3. The zero-order valence-electron chi connectivity index (χ0n) is 13.5. The first kappa shape index (κ1) is 16.2. The van der Waals surface area contributed by atoms with Crippen LogP contribution in [0.25, 0.3) is 10.6 Å². The van der Waals surface area contributed by atoms with Gasteiger partial charge >= 0.3 is 0 Å². The number of methoxy groups -OCH3 is 2. The standard InChI is InChI=1S/C17H22N2O3S/c1-21-14-3-4-15(16(7-14)22-2)17-18-13(11-23-17)9-19-6-5-12(8-19)10-20/h3-4,7,11-12,20H,5-6,8-10H2,1-2H3. The van der Waals surface area contributed by atoms with Crippen LogP contribution in [-0.4, -0.2) is 48.9 Å². The van der Waals surface area contributed by atoms with E-state index in [-0.39, 0.29) is 6.61 Å². The molecule has 5 nitrogen and oxygen atoms in total. The van der Waals surface area contributed by atoms with Crippen molar-refractivity contribution in [1.82, 2.24) is 9.88 Å². The number of likely N-dealkylation sites (tertiary alicyclic amines) is 1. The highest BCUT2D eigenvalue weighted by Crippen LogP contribution is 2.35. The number of aromatic nitrogens is 1. The largest absolute Gasteiger partial charge is 0.497 e. The van der Waals surface area contributed by atoms with Gasteiger partial charge in [0, 0.05) is 31.1 Å². The second-order valence-electron chi connectivity index (χ2n) is 5.78. The van der Waals surface area contributed by atoms with E-state index in [0.717, 1.165) is 53.8 Å². The van der Waals surface area contributed by atoms with E-state index in [9.17, 15) is 5.11 Å². The number of nitrogens with zero attached hydrogens (tertiary/aromatic N) is 2. The molecule has 1 aliphatic rings. The van der Waals surface area contributed by atoms with Gasteiger partial charge in [0.15, 0.2) is 0 Å². The smallest absolute Gasteiger partial charge is 0.132 e. The summed E-state index contributed by atoms with van der Waals surface area (Å²) in [7, 11) is 3.30. The van der Waals surface area contributed by atoms with Gasteiger partial charge in [-0.05, 0) is 31.0 Å². The van der Waals surface area contributed by atoms with E-state index in [1.54, 1.807) is 25.6 Å². The minimum absolute atomic E-state index is 0.280. The minimum atomic E-state index is 0.280. The van der Waals surface area contributed by atoms with E-state index in [4.69, 9.17) is 14.5 Å². The Kier molecular flexibility index (Phi) is 5.15. The van der Waals surface area contributed by atoms with Crippen molar-refractivity contribution in [2.45, 2.75) is 13.0 Å². The third kappa shape index (κ3) is 3.65. The summed E-state index contributed by atoms with van der Waals surface area (Å²) in [5.41, 5.74) is 2.06. The van der Waals surface area contributed by atoms with E-state index < -0.39 is 0 Å². The highest BCUT2D eigenvalue weighted by Gasteiger charge is 2.22. The molecular formula is C17H22N2O3S. The molecule has 1 saturated heterocycles. The van der Waals surface area contributed by atoms with E-state index in [2.05, 4.69) is 10.3 Å². The molecule has 124 valence electrons. The van der Waals surface area contributed by atoms with Crippen LogP contribution in [0.1, 0.15) is 12.1 Å². The van der Waals surface area contributed by atoms with Crippen LogP contribution in [-0.2, 0) is 6.54 Å². The van der Waals surface area contributed by atoms with Gasteiger partial charge < -0.3 is 14.6 Å². The average Bonchev–Trinajstić information content (AvgIpc) is 3.24. The van der Waals surface area contributed by atoms with Gasteiger partial charge in [0.1, 0.15) is 16.5 Å². The molecule has 1 aromatic carbocycles. The first-order chi connectivity index (χ1) is 11.2. The van der Waals surface area contributed by atoms with E-state index in [1.807, 2.05) is 18.2 Å². The highest BCUT2D eigenvalue weighted by atomic mass is 32.1. The molecule has 6 heteroatoms. The van der Waals surface area contributed by atoms with Crippen LogP contribution in [0.5, 0.6) is 11.5 Å². The number of aliphatic hydroxyl groups excluding tert-OH is 1. The van der Waals surface area contributed by atoms with Crippen molar-refractivity contribution in [3.63, 3.8) is 0 Å². The second kappa shape index (κ2) is 7.29. The van der Waals surface area contributed by atoms with Crippen LogP contribution in [0.2, 0.25) is 0 Å². The number of hydrogen-bond donors (Lipinski definition) is 1. The Bertz CT molecular complexity index is 659. The lowest BCUT2D eigenvalue weighted by molar-refractivity contribution is 0.219. The summed E-state index contributed by atoms with van der Waals surface area (Å²) in [6.45, 7) is 3.10.